The molecular formula is C17H26ClNO. The van der Waals surface area contributed by atoms with Gasteiger partial charge in [0.25, 0.3) is 0 Å². The molecule has 2 nitrogen and oxygen atoms in total. The van der Waals surface area contributed by atoms with Crippen molar-refractivity contribution < 1.29 is 4.74 Å². The minimum atomic E-state index is 0.0434. The molecule has 1 fully saturated rings. The molecule has 0 saturated carbocycles. The Balaban J connectivity index is 2.04. The van der Waals surface area contributed by atoms with Crippen LogP contribution in [0.5, 0.6) is 0 Å². The molecule has 1 saturated heterocycles. The third-order valence-corrected chi connectivity index (χ3v) is 4.30. The SMILES string of the molecule is CCNCC(CC1CCC(C)(C)O1)c1cccc(Cl)c1. The third-order valence-electron chi connectivity index (χ3n) is 4.06. The lowest BCUT2D eigenvalue weighted by molar-refractivity contribution is -0.0209. The summed E-state index contributed by atoms with van der Waals surface area (Å²) in [6, 6.07) is 8.23. The second-order valence-corrected chi connectivity index (χ2v) is 6.77. The molecule has 1 heterocycles. The lowest BCUT2D eigenvalue weighted by Crippen LogP contribution is -2.26. The fourth-order valence-electron chi connectivity index (χ4n) is 2.98. The van der Waals surface area contributed by atoms with Crippen LogP contribution in [0.2, 0.25) is 5.02 Å². The van der Waals surface area contributed by atoms with Gasteiger partial charge in [-0.3, -0.25) is 0 Å². The van der Waals surface area contributed by atoms with E-state index in [1.807, 2.05) is 12.1 Å². The fourth-order valence-corrected chi connectivity index (χ4v) is 3.18. The molecule has 2 unspecified atom stereocenters. The summed E-state index contributed by atoms with van der Waals surface area (Å²) >= 11 is 6.13. The molecule has 0 amide bonds. The molecule has 2 atom stereocenters. The Morgan fingerprint density at radius 3 is 2.85 bits per heavy atom. The summed E-state index contributed by atoms with van der Waals surface area (Å²) in [5, 5.41) is 4.28. The van der Waals surface area contributed by atoms with Gasteiger partial charge < -0.3 is 10.1 Å². The van der Waals surface area contributed by atoms with E-state index >= 15 is 0 Å². The standard InChI is InChI=1S/C17H26ClNO/c1-4-19-12-14(13-6-5-7-15(18)10-13)11-16-8-9-17(2,3)20-16/h5-7,10,14,16,19H,4,8-9,11-12H2,1-3H3. The minimum Gasteiger partial charge on any atom is -0.372 e. The lowest BCUT2D eigenvalue weighted by Gasteiger charge is -2.24. The maximum Gasteiger partial charge on any atom is 0.0631 e. The molecular weight excluding hydrogens is 270 g/mol. The molecule has 1 aromatic rings. The maximum atomic E-state index is 6.15. The van der Waals surface area contributed by atoms with Gasteiger partial charge in [-0.05, 0) is 63.3 Å². The second kappa shape index (κ2) is 6.93. The van der Waals surface area contributed by atoms with Crippen LogP contribution in [-0.2, 0) is 4.74 Å². The van der Waals surface area contributed by atoms with Crippen LogP contribution in [-0.4, -0.2) is 24.8 Å². The van der Waals surface area contributed by atoms with Crippen molar-refractivity contribution in [1.29, 1.82) is 0 Å². The monoisotopic (exact) mass is 295 g/mol. The largest absolute Gasteiger partial charge is 0.372 e. The predicted molar refractivity (Wildman–Crippen MR) is 85.5 cm³/mol. The second-order valence-electron chi connectivity index (χ2n) is 6.33. The zero-order valence-corrected chi connectivity index (χ0v) is 13.5. The average Bonchev–Trinajstić information content (AvgIpc) is 2.74. The van der Waals surface area contributed by atoms with Crippen molar-refractivity contribution in [3.8, 4) is 0 Å². The van der Waals surface area contributed by atoms with Crippen molar-refractivity contribution in [3.63, 3.8) is 0 Å². The first-order valence-electron chi connectivity index (χ1n) is 7.64. The van der Waals surface area contributed by atoms with Gasteiger partial charge in [0, 0.05) is 11.6 Å². The van der Waals surface area contributed by atoms with Crippen molar-refractivity contribution in [2.75, 3.05) is 13.1 Å². The molecule has 0 aliphatic carbocycles. The molecule has 0 radical (unpaired) electrons. The number of halogens is 1. The van der Waals surface area contributed by atoms with Gasteiger partial charge in [-0.15, -0.1) is 0 Å². The van der Waals surface area contributed by atoms with Crippen molar-refractivity contribution in [2.45, 2.75) is 57.7 Å². The molecule has 0 spiro atoms. The summed E-state index contributed by atoms with van der Waals surface area (Å²) in [6.07, 6.45) is 3.75. The van der Waals surface area contributed by atoms with E-state index in [9.17, 15) is 0 Å². The van der Waals surface area contributed by atoms with Crippen molar-refractivity contribution in [1.82, 2.24) is 5.32 Å². The Bertz CT molecular complexity index is 433. The van der Waals surface area contributed by atoms with Crippen LogP contribution in [0.25, 0.3) is 0 Å². The van der Waals surface area contributed by atoms with Gasteiger partial charge in [-0.25, -0.2) is 0 Å². The highest BCUT2D eigenvalue weighted by atomic mass is 35.5. The third kappa shape index (κ3) is 4.47. The van der Waals surface area contributed by atoms with Crippen LogP contribution >= 0.6 is 11.6 Å². The van der Waals surface area contributed by atoms with Crippen LogP contribution < -0.4 is 5.32 Å². The van der Waals surface area contributed by atoms with Gasteiger partial charge >= 0.3 is 0 Å². The highest BCUT2D eigenvalue weighted by molar-refractivity contribution is 6.30. The van der Waals surface area contributed by atoms with Gasteiger partial charge in [0.2, 0.25) is 0 Å². The van der Waals surface area contributed by atoms with Crippen LogP contribution in [0.3, 0.4) is 0 Å². The zero-order valence-electron chi connectivity index (χ0n) is 12.8. The molecule has 0 bridgehead atoms. The number of hydrogen-bond donors (Lipinski definition) is 1. The summed E-state index contributed by atoms with van der Waals surface area (Å²) in [5.41, 5.74) is 1.36. The van der Waals surface area contributed by atoms with Crippen LogP contribution in [0.1, 0.15) is 51.5 Å². The molecule has 112 valence electrons. The maximum absolute atomic E-state index is 6.15. The van der Waals surface area contributed by atoms with E-state index < -0.39 is 0 Å². The fraction of sp³-hybridized carbons (Fsp3) is 0.647. The first-order valence-corrected chi connectivity index (χ1v) is 8.02. The Morgan fingerprint density at radius 2 is 2.25 bits per heavy atom. The number of nitrogens with one attached hydrogen (secondary N) is 1. The van der Waals surface area contributed by atoms with Crippen LogP contribution in [0, 0.1) is 0 Å². The minimum absolute atomic E-state index is 0.0434. The van der Waals surface area contributed by atoms with E-state index in [1.54, 1.807) is 0 Å². The smallest absolute Gasteiger partial charge is 0.0631 e. The average molecular weight is 296 g/mol. The molecule has 2 rings (SSSR count). The summed E-state index contributed by atoms with van der Waals surface area (Å²) in [4.78, 5) is 0. The molecule has 20 heavy (non-hydrogen) atoms. The molecule has 3 heteroatoms. The summed E-state index contributed by atoms with van der Waals surface area (Å²) in [6.45, 7) is 8.49. The van der Waals surface area contributed by atoms with E-state index in [1.165, 1.54) is 5.56 Å². The van der Waals surface area contributed by atoms with Gasteiger partial charge in [-0.2, -0.15) is 0 Å². The number of likely N-dealkylation sites (N-methyl/N-ethyl adjacent to an activating group) is 1. The molecule has 1 aromatic carbocycles. The van der Waals surface area contributed by atoms with E-state index in [0.29, 0.717) is 12.0 Å². The van der Waals surface area contributed by atoms with Gasteiger partial charge in [0.05, 0.1) is 11.7 Å². The van der Waals surface area contributed by atoms with Crippen LogP contribution in [0.15, 0.2) is 24.3 Å². The molecule has 1 aliphatic rings. The zero-order chi connectivity index (χ0) is 14.6. The molecule has 1 aliphatic heterocycles. The number of benzene rings is 1. The van der Waals surface area contributed by atoms with Crippen molar-refractivity contribution >= 4 is 11.6 Å². The van der Waals surface area contributed by atoms with Gasteiger partial charge in [0.15, 0.2) is 0 Å². The first-order chi connectivity index (χ1) is 9.50. The Labute approximate surface area is 127 Å². The Morgan fingerprint density at radius 1 is 1.45 bits per heavy atom. The highest BCUT2D eigenvalue weighted by Gasteiger charge is 2.33. The Kier molecular flexibility index (Phi) is 5.48. The normalized spacial score (nSPS) is 22.9. The van der Waals surface area contributed by atoms with Crippen molar-refractivity contribution in [3.05, 3.63) is 34.9 Å². The topological polar surface area (TPSA) is 21.3 Å². The summed E-state index contributed by atoms with van der Waals surface area (Å²) in [5.74, 6) is 0.465. The Hall–Kier alpha value is -0.570. The predicted octanol–water partition coefficient (Wildman–Crippen LogP) is 4.38. The molecule has 1 N–H and O–H groups in total. The number of hydrogen-bond acceptors (Lipinski definition) is 2. The van der Waals surface area contributed by atoms with Gasteiger partial charge in [0.1, 0.15) is 0 Å². The summed E-state index contributed by atoms with van der Waals surface area (Å²) < 4.78 is 6.15. The number of ether oxygens (including phenoxy) is 1. The lowest BCUT2D eigenvalue weighted by atomic mass is 9.92. The van der Waals surface area contributed by atoms with E-state index in [4.69, 9.17) is 16.3 Å². The highest BCUT2D eigenvalue weighted by Crippen LogP contribution is 2.35. The van der Waals surface area contributed by atoms with Crippen LogP contribution in [0.4, 0.5) is 0 Å². The van der Waals surface area contributed by atoms with E-state index in [2.05, 4.69) is 38.2 Å². The van der Waals surface area contributed by atoms with Crippen molar-refractivity contribution in [2.24, 2.45) is 0 Å². The van der Waals surface area contributed by atoms with Gasteiger partial charge in [-0.1, -0.05) is 30.7 Å². The quantitative estimate of drug-likeness (QED) is 0.841. The van der Waals surface area contributed by atoms with E-state index in [-0.39, 0.29) is 5.60 Å². The number of rotatable bonds is 6. The van der Waals surface area contributed by atoms with E-state index in [0.717, 1.165) is 37.4 Å². The first kappa shape index (κ1) is 15.8. The summed E-state index contributed by atoms with van der Waals surface area (Å²) in [7, 11) is 0. The molecule has 0 aromatic heterocycles.